The van der Waals surface area contributed by atoms with Gasteiger partial charge >= 0.3 is 17.9 Å². The van der Waals surface area contributed by atoms with Crippen molar-refractivity contribution >= 4 is 23.6 Å². The molecule has 1 aromatic carbocycles. The van der Waals surface area contributed by atoms with E-state index in [2.05, 4.69) is 9.80 Å². The van der Waals surface area contributed by atoms with Gasteiger partial charge in [0.2, 0.25) is 0 Å². The molecule has 2 rings (SSSR count). The predicted molar refractivity (Wildman–Crippen MR) is 144 cm³/mol. The van der Waals surface area contributed by atoms with E-state index in [1.165, 1.54) is 17.0 Å². The summed E-state index contributed by atoms with van der Waals surface area (Å²) in [5.41, 5.74) is 1.08. The summed E-state index contributed by atoms with van der Waals surface area (Å²) in [6, 6.07) is 6.43. The Morgan fingerprint density at radius 1 is 0.897 bits per heavy atom. The second kappa shape index (κ2) is 16.7. The third kappa shape index (κ3) is 13.0. The highest BCUT2D eigenvalue weighted by Gasteiger charge is 2.26. The van der Waals surface area contributed by atoms with Gasteiger partial charge in [-0.1, -0.05) is 25.0 Å². The minimum absolute atomic E-state index is 0.0564. The first-order valence-electron chi connectivity index (χ1n) is 13.3. The molecule has 0 radical (unpaired) electrons. The van der Waals surface area contributed by atoms with Crippen LogP contribution < -0.4 is 0 Å². The zero-order valence-electron chi connectivity index (χ0n) is 22.6. The summed E-state index contributed by atoms with van der Waals surface area (Å²) >= 11 is 0. The highest BCUT2D eigenvalue weighted by Crippen LogP contribution is 2.17. The zero-order valence-corrected chi connectivity index (χ0v) is 22.6. The molecule has 39 heavy (non-hydrogen) atoms. The third-order valence-corrected chi connectivity index (χ3v) is 6.98. The van der Waals surface area contributed by atoms with Gasteiger partial charge in [0.1, 0.15) is 0 Å². The monoisotopic (exact) mass is 551 g/mol. The number of carbonyl (C=O) groups is 3. The van der Waals surface area contributed by atoms with E-state index in [9.17, 15) is 39.8 Å². The molecule has 0 spiro atoms. The summed E-state index contributed by atoms with van der Waals surface area (Å²) in [5, 5.41) is 38.8. The molecular weight excluding hydrogens is 510 g/mol. The van der Waals surface area contributed by atoms with E-state index < -0.39 is 22.8 Å². The van der Waals surface area contributed by atoms with Crippen molar-refractivity contribution in [3.05, 3.63) is 39.9 Å². The molecule has 218 valence electrons. The van der Waals surface area contributed by atoms with Crippen LogP contribution in [0.5, 0.6) is 0 Å². The van der Waals surface area contributed by atoms with Gasteiger partial charge in [0.05, 0.1) is 24.6 Å². The van der Waals surface area contributed by atoms with Crippen LogP contribution in [0.25, 0.3) is 0 Å². The molecule has 1 heterocycles. The zero-order chi connectivity index (χ0) is 28.8. The minimum atomic E-state index is -1.09. The molecule has 0 saturated carbocycles. The van der Waals surface area contributed by atoms with Crippen LogP contribution in [0.15, 0.2) is 24.3 Å². The van der Waals surface area contributed by atoms with Crippen molar-refractivity contribution in [1.29, 1.82) is 0 Å². The van der Waals surface area contributed by atoms with E-state index in [4.69, 9.17) is 0 Å². The summed E-state index contributed by atoms with van der Waals surface area (Å²) in [5.74, 6) is -3.06. The van der Waals surface area contributed by atoms with Crippen LogP contribution in [0, 0.1) is 10.1 Å². The molecule has 13 nitrogen and oxygen atoms in total. The molecule has 1 saturated heterocycles. The molecule has 13 heteroatoms. The SMILES string of the molecule is CN1CCN(CC(=O)O)CCN(C(CCCCCc2ccc([N+](=O)[O-])cc2)CN(CC(=O)O)CC(=O)O)CC1. The number of unbranched alkanes of at least 4 members (excludes halogenated alkanes) is 2. The van der Waals surface area contributed by atoms with Crippen LogP contribution in [0.3, 0.4) is 0 Å². The number of rotatable bonds is 16. The van der Waals surface area contributed by atoms with Crippen molar-refractivity contribution in [2.45, 2.75) is 38.1 Å². The van der Waals surface area contributed by atoms with E-state index in [-0.39, 0.29) is 37.9 Å². The second-order valence-electron chi connectivity index (χ2n) is 10.1. The van der Waals surface area contributed by atoms with E-state index in [1.54, 1.807) is 12.1 Å². The number of likely N-dealkylation sites (N-methyl/N-ethyl adjacent to an activating group) is 1. The Kier molecular flexibility index (Phi) is 13.8. The summed E-state index contributed by atoms with van der Waals surface area (Å²) in [6.45, 7) is 3.46. The standard InChI is InChI=1S/C26H41N5O8/c1-27-11-13-28(18-24(32)33)14-16-30(15-12-27)23(17-29(19-25(34)35)20-26(36)37)6-4-2-3-5-21-7-9-22(10-8-21)31(38)39/h7-10,23H,2-6,11-20H2,1H3,(H,32,33)(H,34,35)(H,36,37). The molecule has 1 unspecified atom stereocenters. The Bertz CT molecular complexity index is 929. The van der Waals surface area contributed by atoms with Crippen LogP contribution in [-0.4, -0.2) is 136 Å². The fourth-order valence-electron chi connectivity index (χ4n) is 4.86. The average molecular weight is 552 g/mol. The van der Waals surface area contributed by atoms with E-state index >= 15 is 0 Å². The van der Waals surface area contributed by atoms with Crippen molar-refractivity contribution in [3.63, 3.8) is 0 Å². The van der Waals surface area contributed by atoms with E-state index in [0.29, 0.717) is 26.2 Å². The molecule has 0 bridgehead atoms. The minimum Gasteiger partial charge on any atom is -0.480 e. The maximum absolute atomic E-state index is 11.4. The number of carboxylic acid groups (broad SMARTS) is 3. The van der Waals surface area contributed by atoms with Crippen molar-refractivity contribution in [2.24, 2.45) is 0 Å². The molecule has 0 amide bonds. The van der Waals surface area contributed by atoms with E-state index in [0.717, 1.165) is 50.8 Å². The Hall–Kier alpha value is -3.13. The summed E-state index contributed by atoms with van der Waals surface area (Å²) in [7, 11) is 1.98. The van der Waals surface area contributed by atoms with Gasteiger partial charge in [0.25, 0.3) is 5.69 Å². The van der Waals surface area contributed by atoms with Crippen LogP contribution in [0.1, 0.15) is 31.2 Å². The Balaban J connectivity index is 2.06. The third-order valence-electron chi connectivity index (χ3n) is 6.98. The number of benzene rings is 1. The van der Waals surface area contributed by atoms with Gasteiger partial charge in [-0.25, -0.2) is 0 Å². The molecule has 1 aliphatic rings. The number of nitro groups is 1. The molecule has 1 aliphatic heterocycles. The highest BCUT2D eigenvalue weighted by molar-refractivity contribution is 5.72. The van der Waals surface area contributed by atoms with Crippen LogP contribution in [0.2, 0.25) is 0 Å². The van der Waals surface area contributed by atoms with Crippen LogP contribution in [0.4, 0.5) is 5.69 Å². The van der Waals surface area contributed by atoms with Crippen molar-refractivity contribution in [3.8, 4) is 0 Å². The van der Waals surface area contributed by atoms with Gasteiger partial charge in [-0.15, -0.1) is 0 Å². The van der Waals surface area contributed by atoms with Crippen LogP contribution >= 0.6 is 0 Å². The lowest BCUT2D eigenvalue weighted by atomic mass is 10.0. The number of carboxylic acids is 3. The molecule has 0 aromatic heterocycles. The average Bonchev–Trinajstić information content (AvgIpc) is 2.93. The molecule has 3 N–H and O–H groups in total. The normalized spacial score (nSPS) is 16.8. The predicted octanol–water partition coefficient (Wildman–Crippen LogP) is 1.17. The lowest BCUT2D eigenvalue weighted by Gasteiger charge is -2.36. The van der Waals surface area contributed by atoms with Crippen molar-refractivity contribution < 1.29 is 34.6 Å². The van der Waals surface area contributed by atoms with Gasteiger partial charge in [-0.2, -0.15) is 0 Å². The molecule has 1 aromatic rings. The largest absolute Gasteiger partial charge is 0.480 e. The topological polar surface area (TPSA) is 168 Å². The lowest BCUT2D eigenvalue weighted by Crippen LogP contribution is -2.50. The molecule has 1 fully saturated rings. The number of aliphatic carboxylic acids is 3. The van der Waals surface area contributed by atoms with Gasteiger partial charge < -0.3 is 20.2 Å². The molecular formula is C26H41N5O8. The number of nitro benzene ring substituents is 1. The highest BCUT2D eigenvalue weighted by atomic mass is 16.6. The Morgan fingerprint density at radius 2 is 1.49 bits per heavy atom. The first kappa shape index (κ1) is 32.1. The summed E-state index contributed by atoms with van der Waals surface area (Å²) in [6.07, 6.45) is 4.14. The van der Waals surface area contributed by atoms with Gasteiger partial charge in [0, 0.05) is 64.0 Å². The number of hydrogen-bond acceptors (Lipinski definition) is 9. The number of aryl methyl sites for hydroxylation is 1. The van der Waals surface area contributed by atoms with Crippen molar-refractivity contribution in [2.75, 3.05) is 72.5 Å². The maximum atomic E-state index is 11.4. The first-order valence-corrected chi connectivity index (χ1v) is 13.3. The maximum Gasteiger partial charge on any atom is 0.317 e. The molecule has 0 aliphatic carbocycles. The number of hydrogen-bond donors (Lipinski definition) is 3. The smallest absolute Gasteiger partial charge is 0.317 e. The van der Waals surface area contributed by atoms with Crippen molar-refractivity contribution in [1.82, 2.24) is 19.6 Å². The van der Waals surface area contributed by atoms with Gasteiger partial charge in [-0.3, -0.25) is 39.2 Å². The molecule has 1 atom stereocenters. The number of non-ortho nitro benzene ring substituents is 1. The quantitative estimate of drug-likeness (QED) is 0.153. The van der Waals surface area contributed by atoms with E-state index in [1.807, 2.05) is 11.9 Å². The fourth-order valence-corrected chi connectivity index (χ4v) is 4.86. The number of nitrogens with zero attached hydrogens (tertiary/aromatic N) is 5. The Morgan fingerprint density at radius 3 is 2.08 bits per heavy atom. The first-order chi connectivity index (χ1) is 18.5. The fraction of sp³-hybridized carbons (Fsp3) is 0.654. The van der Waals surface area contributed by atoms with Gasteiger partial charge in [0.15, 0.2) is 0 Å². The Labute approximate surface area is 228 Å². The summed E-state index contributed by atoms with van der Waals surface area (Å²) < 4.78 is 0. The summed E-state index contributed by atoms with van der Waals surface area (Å²) in [4.78, 5) is 52.3. The van der Waals surface area contributed by atoms with Gasteiger partial charge in [-0.05, 0) is 31.9 Å². The van der Waals surface area contributed by atoms with Crippen LogP contribution in [-0.2, 0) is 20.8 Å². The second-order valence-corrected chi connectivity index (χ2v) is 10.1. The lowest BCUT2D eigenvalue weighted by molar-refractivity contribution is -0.384.